The second-order valence-corrected chi connectivity index (χ2v) is 6.29. The van der Waals surface area contributed by atoms with Crippen molar-refractivity contribution in [2.75, 3.05) is 12.4 Å². The molecule has 0 radical (unpaired) electrons. The average Bonchev–Trinajstić information content (AvgIpc) is 2.94. The zero-order valence-corrected chi connectivity index (χ0v) is 13.4. The van der Waals surface area contributed by atoms with Crippen molar-refractivity contribution in [3.05, 3.63) is 57.9 Å². The third kappa shape index (κ3) is 2.81. The van der Waals surface area contributed by atoms with E-state index in [1.165, 1.54) is 15.6 Å². The molecule has 0 amide bonds. The van der Waals surface area contributed by atoms with Crippen LogP contribution in [0.1, 0.15) is 5.56 Å². The van der Waals surface area contributed by atoms with Crippen LogP contribution in [0.4, 0.5) is 5.69 Å². The van der Waals surface area contributed by atoms with Crippen molar-refractivity contribution in [1.82, 2.24) is 0 Å². The highest BCUT2D eigenvalue weighted by Gasteiger charge is 2.03. The molecule has 0 aliphatic carbocycles. The Bertz CT molecular complexity index is 738. The normalized spacial score (nSPS) is 10.7. The molecule has 20 heavy (non-hydrogen) atoms. The summed E-state index contributed by atoms with van der Waals surface area (Å²) in [5.41, 5.74) is 2.31. The van der Waals surface area contributed by atoms with Gasteiger partial charge in [-0.1, -0.05) is 15.9 Å². The number of nitrogens with one attached hydrogen (secondary N) is 1. The van der Waals surface area contributed by atoms with Crippen LogP contribution < -0.4 is 10.1 Å². The Morgan fingerprint density at radius 1 is 1.15 bits per heavy atom. The first-order chi connectivity index (χ1) is 9.76. The second kappa shape index (κ2) is 5.85. The number of halogens is 1. The van der Waals surface area contributed by atoms with Crippen molar-refractivity contribution in [3.63, 3.8) is 0 Å². The molecule has 0 fully saturated rings. The molecule has 3 rings (SSSR count). The third-order valence-corrected chi connectivity index (χ3v) is 4.86. The molecule has 0 saturated heterocycles. The third-order valence-electron chi connectivity index (χ3n) is 3.19. The number of rotatable bonds is 4. The summed E-state index contributed by atoms with van der Waals surface area (Å²) in [5.74, 6) is 0.873. The number of thiophene rings is 1. The molecule has 102 valence electrons. The van der Waals surface area contributed by atoms with Crippen LogP contribution in [0.3, 0.4) is 0 Å². The fraction of sp³-hybridized carbons (Fsp3) is 0.125. The Kier molecular flexibility index (Phi) is 3.94. The highest BCUT2D eigenvalue weighted by molar-refractivity contribution is 9.10. The van der Waals surface area contributed by atoms with E-state index in [0.717, 1.165) is 22.5 Å². The maximum absolute atomic E-state index is 5.26. The highest BCUT2D eigenvalue weighted by atomic mass is 79.9. The summed E-state index contributed by atoms with van der Waals surface area (Å²) in [6, 6.07) is 14.6. The lowest BCUT2D eigenvalue weighted by atomic mass is 10.2. The topological polar surface area (TPSA) is 21.3 Å². The summed E-state index contributed by atoms with van der Waals surface area (Å²) in [6.07, 6.45) is 0. The zero-order valence-electron chi connectivity index (χ0n) is 11.0. The lowest BCUT2D eigenvalue weighted by molar-refractivity contribution is 0.414. The van der Waals surface area contributed by atoms with Crippen LogP contribution >= 0.6 is 27.3 Å². The molecular formula is C16H14BrNOS. The Hall–Kier alpha value is -1.52. The van der Waals surface area contributed by atoms with Gasteiger partial charge in [-0.15, -0.1) is 11.3 Å². The van der Waals surface area contributed by atoms with E-state index < -0.39 is 0 Å². The predicted octanol–water partition coefficient (Wildman–Crippen LogP) is 5.28. The van der Waals surface area contributed by atoms with Crippen LogP contribution in [0, 0.1) is 0 Å². The van der Waals surface area contributed by atoms with Gasteiger partial charge in [0.05, 0.1) is 7.11 Å². The van der Waals surface area contributed by atoms with Crippen LogP contribution in [0.15, 0.2) is 52.3 Å². The van der Waals surface area contributed by atoms with E-state index in [1.54, 1.807) is 18.4 Å². The van der Waals surface area contributed by atoms with Gasteiger partial charge in [-0.05, 0) is 58.8 Å². The number of ether oxygens (including phenoxy) is 1. The Labute approximate surface area is 130 Å². The molecule has 0 bridgehead atoms. The van der Waals surface area contributed by atoms with E-state index in [0.29, 0.717) is 0 Å². The highest BCUT2D eigenvalue weighted by Crippen LogP contribution is 2.26. The van der Waals surface area contributed by atoms with Gasteiger partial charge in [-0.25, -0.2) is 0 Å². The SMILES string of the molecule is COc1ccc(Br)c(CNc2ccc3sccc3c2)c1. The molecule has 0 aliphatic rings. The molecule has 0 saturated carbocycles. The molecular weight excluding hydrogens is 334 g/mol. The fourth-order valence-electron chi connectivity index (χ4n) is 2.09. The first-order valence-corrected chi connectivity index (χ1v) is 7.97. The van der Waals surface area contributed by atoms with Crippen molar-refractivity contribution in [2.45, 2.75) is 6.54 Å². The molecule has 0 unspecified atom stereocenters. The smallest absolute Gasteiger partial charge is 0.119 e. The number of hydrogen-bond donors (Lipinski definition) is 1. The van der Waals surface area contributed by atoms with Gasteiger partial charge in [0, 0.05) is 21.4 Å². The molecule has 4 heteroatoms. The van der Waals surface area contributed by atoms with E-state index in [-0.39, 0.29) is 0 Å². The number of hydrogen-bond acceptors (Lipinski definition) is 3. The minimum Gasteiger partial charge on any atom is -0.497 e. The summed E-state index contributed by atoms with van der Waals surface area (Å²) >= 11 is 5.34. The maximum atomic E-state index is 5.26. The maximum Gasteiger partial charge on any atom is 0.119 e. The van der Waals surface area contributed by atoms with Crippen LogP contribution in [0.25, 0.3) is 10.1 Å². The standard InChI is InChI=1S/C16H14BrNOS/c1-19-14-3-4-15(17)12(9-14)10-18-13-2-5-16-11(8-13)6-7-20-16/h2-9,18H,10H2,1H3. The summed E-state index contributed by atoms with van der Waals surface area (Å²) in [4.78, 5) is 0. The lowest BCUT2D eigenvalue weighted by Crippen LogP contribution is -2.00. The van der Waals surface area contributed by atoms with Crippen molar-refractivity contribution in [1.29, 1.82) is 0 Å². The Morgan fingerprint density at radius 3 is 2.90 bits per heavy atom. The average molecular weight is 348 g/mol. The van der Waals surface area contributed by atoms with Gasteiger partial charge in [0.15, 0.2) is 0 Å². The molecule has 0 atom stereocenters. The summed E-state index contributed by atoms with van der Waals surface area (Å²) in [6.45, 7) is 0.757. The minimum absolute atomic E-state index is 0.757. The molecule has 2 aromatic carbocycles. The summed E-state index contributed by atoms with van der Waals surface area (Å²) < 4.78 is 7.67. The molecule has 3 aromatic rings. The van der Waals surface area contributed by atoms with E-state index in [1.807, 2.05) is 18.2 Å². The largest absolute Gasteiger partial charge is 0.497 e. The van der Waals surface area contributed by atoms with Crippen LogP contribution in [0.2, 0.25) is 0 Å². The Balaban J connectivity index is 1.78. The molecule has 0 spiro atoms. The van der Waals surface area contributed by atoms with Gasteiger partial charge in [-0.3, -0.25) is 0 Å². The number of fused-ring (bicyclic) bond motifs is 1. The molecule has 0 aliphatic heterocycles. The van der Waals surface area contributed by atoms with Crippen LogP contribution in [-0.4, -0.2) is 7.11 Å². The zero-order chi connectivity index (χ0) is 13.9. The quantitative estimate of drug-likeness (QED) is 0.692. The van der Waals surface area contributed by atoms with E-state index in [9.17, 15) is 0 Å². The van der Waals surface area contributed by atoms with E-state index >= 15 is 0 Å². The molecule has 1 aromatic heterocycles. The van der Waals surface area contributed by atoms with Gasteiger partial charge in [0.1, 0.15) is 5.75 Å². The minimum atomic E-state index is 0.757. The monoisotopic (exact) mass is 347 g/mol. The Morgan fingerprint density at radius 2 is 2.05 bits per heavy atom. The fourth-order valence-corrected chi connectivity index (χ4v) is 3.25. The summed E-state index contributed by atoms with van der Waals surface area (Å²) in [7, 11) is 1.69. The van der Waals surface area contributed by atoms with E-state index in [4.69, 9.17) is 4.74 Å². The molecule has 1 N–H and O–H groups in total. The van der Waals surface area contributed by atoms with Crippen molar-refractivity contribution >= 4 is 43.0 Å². The van der Waals surface area contributed by atoms with Gasteiger partial charge in [0.25, 0.3) is 0 Å². The number of anilines is 1. The van der Waals surface area contributed by atoms with E-state index in [2.05, 4.69) is 50.9 Å². The summed E-state index contributed by atoms with van der Waals surface area (Å²) in [5, 5.41) is 6.85. The first-order valence-electron chi connectivity index (χ1n) is 6.30. The van der Waals surface area contributed by atoms with Gasteiger partial charge in [0.2, 0.25) is 0 Å². The predicted molar refractivity (Wildman–Crippen MR) is 89.8 cm³/mol. The lowest BCUT2D eigenvalue weighted by Gasteiger charge is -2.10. The van der Waals surface area contributed by atoms with Crippen LogP contribution in [0.5, 0.6) is 5.75 Å². The number of benzene rings is 2. The second-order valence-electron chi connectivity index (χ2n) is 4.48. The van der Waals surface area contributed by atoms with Crippen LogP contribution in [-0.2, 0) is 6.54 Å². The van der Waals surface area contributed by atoms with Gasteiger partial charge < -0.3 is 10.1 Å². The molecule has 2 nitrogen and oxygen atoms in total. The van der Waals surface area contributed by atoms with Gasteiger partial charge in [-0.2, -0.15) is 0 Å². The van der Waals surface area contributed by atoms with Crippen molar-refractivity contribution in [2.24, 2.45) is 0 Å². The number of methoxy groups -OCH3 is 1. The molecule has 1 heterocycles. The van der Waals surface area contributed by atoms with Crippen molar-refractivity contribution in [3.8, 4) is 5.75 Å². The first kappa shape index (κ1) is 13.5. The van der Waals surface area contributed by atoms with Gasteiger partial charge >= 0.3 is 0 Å². The van der Waals surface area contributed by atoms with Crippen molar-refractivity contribution < 1.29 is 4.74 Å².